The molecule has 2 aliphatic rings. The van der Waals surface area contributed by atoms with Crippen LogP contribution in [0.25, 0.3) is 0 Å². The number of fused-ring (bicyclic) bond motifs is 2. The van der Waals surface area contributed by atoms with Crippen molar-refractivity contribution in [3.05, 3.63) is 17.8 Å². The quantitative estimate of drug-likeness (QED) is 0.840. The number of carbonyl (C=O) groups is 1. The molecule has 2 saturated carbocycles. The van der Waals surface area contributed by atoms with E-state index in [1.807, 2.05) is 13.0 Å². The number of hydrogen-bond acceptors (Lipinski definition) is 3. The number of rotatable bonds is 2. The van der Waals surface area contributed by atoms with Gasteiger partial charge >= 0.3 is 0 Å². The van der Waals surface area contributed by atoms with Gasteiger partial charge in [0.1, 0.15) is 5.82 Å². The van der Waals surface area contributed by atoms with E-state index in [0.29, 0.717) is 17.4 Å². The highest BCUT2D eigenvalue weighted by Crippen LogP contribution is 2.48. The lowest BCUT2D eigenvalue weighted by molar-refractivity contribution is -0.121. The van der Waals surface area contributed by atoms with Gasteiger partial charge in [0.25, 0.3) is 0 Å². The number of aryl methyl sites for hydroxylation is 1. The molecule has 1 aromatic rings. The van der Waals surface area contributed by atoms with Gasteiger partial charge in [-0.1, -0.05) is 6.42 Å². The Kier molecular flexibility index (Phi) is 2.73. The molecule has 0 spiro atoms. The van der Waals surface area contributed by atoms with Crippen molar-refractivity contribution in [2.75, 3.05) is 11.1 Å². The fourth-order valence-electron chi connectivity index (χ4n) is 3.42. The molecule has 3 rings (SSSR count). The van der Waals surface area contributed by atoms with E-state index in [0.717, 1.165) is 17.9 Å². The largest absolute Gasteiger partial charge is 0.397 e. The number of carbonyl (C=O) groups excluding carboxylic acids is 1. The van der Waals surface area contributed by atoms with Crippen molar-refractivity contribution in [3.8, 4) is 0 Å². The average molecular weight is 245 g/mol. The monoisotopic (exact) mass is 245 g/mol. The van der Waals surface area contributed by atoms with E-state index in [4.69, 9.17) is 5.73 Å². The second-order valence-electron chi connectivity index (χ2n) is 5.70. The van der Waals surface area contributed by atoms with Crippen molar-refractivity contribution >= 4 is 17.4 Å². The van der Waals surface area contributed by atoms with Crippen molar-refractivity contribution in [3.63, 3.8) is 0 Å². The minimum atomic E-state index is 0.138. The topological polar surface area (TPSA) is 68.0 Å². The average Bonchev–Trinajstić information content (AvgIpc) is 2.96. The third-order valence-electron chi connectivity index (χ3n) is 4.48. The van der Waals surface area contributed by atoms with E-state index < -0.39 is 0 Å². The number of amides is 1. The molecular weight excluding hydrogens is 226 g/mol. The molecule has 96 valence electrons. The molecule has 3 N–H and O–H groups in total. The third-order valence-corrected chi connectivity index (χ3v) is 4.48. The van der Waals surface area contributed by atoms with Crippen molar-refractivity contribution in [1.82, 2.24) is 4.98 Å². The third kappa shape index (κ3) is 1.96. The highest BCUT2D eigenvalue weighted by atomic mass is 16.2. The molecule has 18 heavy (non-hydrogen) atoms. The van der Waals surface area contributed by atoms with Crippen LogP contribution < -0.4 is 11.1 Å². The van der Waals surface area contributed by atoms with E-state index in [2.05, 4.69) is 10.3 Å². The van der Waals surface area contributed by atoms with Crippen LogP contribution in [0.5, 0.6) is 0 Å². The van der Waals surface area contributed by atoms with Gasteiger partial charge in [-0.05, 0) is 49.7 Å². The van der Waals surface area contributed by atoms with Crippen LogP contribution >= 0.6 is 0 Å². The fraction of sp³-hybridized carbons (Fsp3) is 0.571. The smallest absolute Gasteiger partial charge is 0.228 e. The zero-order chi connectivity index (χ0) is 12.7. The molecule has 3 unspecified atom stereocenters. The lowest BCUT2D eigenvalue weighted by Crippen LogP contribution is -2.27. The van der Waals surface area contributed by atoms with Gasteiger partial charge in [0, 0.05) is 5.92 Å². The number of aromatic nitrogens is 1. The standard InChI is InChI=1S/C14H19N3O/c1-8-4-13(16-7-12(8)15)17-14(18)11-6-9-2-3-10(11)5-9/h4,7,9-11H,2-3,5-6,15H2,1H3,(H,16,17,18). The number of nitrogens with two attached hydrogens (primary N) is 1. The van der Waals surface area contributed by atoms with Gasteiger partial charge in [0.15, 0.2) is 0 Å². The number of nitrogens with zero attached hydrogens (tertiary/aromatic N) is 1. The van der Waals surface area contributed by atoms with Crippen LogP contribution in [0, 0.1) is 24.7 Å². The van der Waals surface area contributed by atoms with Gasteiger partial charge in [-0.15, -0.1) is 0 Å². The van der Waals surface area contributed by atoms with E-state index in [-0.39, 0.29) is 11.8 Å². The SMILES string of the molecule is Cc1cc(NC(=O)C2CC3CCC2C3)ncc1N. The number of anilines is 2. The summed E-state index contributed by atoms with van der Waals surface area (Å²) < 4.78 is 0. The van der Waals surface area contributed by atoms with Crippen LogP contribution in [0.15, 0.2) is 12.3 Å². The Labute approximate surface area is 107 Å². The Balaban J connectivity index is 1.69. The summed E-state index contributed by atoms with van der Waals surface area (Å²) in [7, 11) is 0. The molecule has 1 heterocycles. The maximum absolute atomic E-state index is 12.2. The van der Waals surface area contributed by atoms with E-state index in [1.165, 1.54) is 19.3 Å². The summed E-state index contributed by atoms with van der Waals surface area (Å²) in [5, 5.41) is 2.93. The van der Waals surface area contributed by atoms with Crippen LogP contribution in [0.1, 0.15) is 31.2 Å². The van der Waals surface area contributed by atoms with Crippen LogP contribution in [0.3, 0.4) is 0 Å². The number of pyridine rings is 1. The Hall–Kier alpha value is -1.58. The lowest BCUT2D eigenvalue weighted by atomic mass is 9.88. The first kappa shape index (κ1) is 11.5. The second-order valence-corrected chi connectivity index (χ2v) is 5.70. The maximum atomic E-state index is 12.2. The molecule has 2 fully saturated rings. The highest BCUT2D eigenvalue weighted by molar-refractivity contribution is 5.92. The summed E-state index contributed by atoms with van der Waals surface area (Å²) in [6, 6.07) is 1.83. The van der Waals surface area contributed by atoms with Crippen LogP contribution in [-0.2, 0) is 4.79 Å². The molecule has 4 heteroatoms. The van der Waals surface area contributed by atoms with Crippen LogP contribution in [0.2, 0.25) is 0 Å². The van der Waals surface area contributed by atoms with Crippen LogP contribution in [0.4, 0.5) is 11.5 Å². The van der Waals surface area contributed by atoms with Crippen molar-refractivity contribution in [2.24, 2.45) is 17.8 Å². The molecular formula is C14H19N3O. The Morgan fingerprint density at radius 1 is 1.44 bits per heavy atom. The summed E-state index contributed by atoms with van der Waals surface area (Å²) in [5.74, 6) is 2.34. The number of nitrogens with one attached hydrogen (secondary N) is 1. The van der Waals surface area contributed by atoms with Gasteiger partial charge in [-0.2, -0.15) is 0 Å². The second kappa shape index (κ2) is 4.26. The molecule has 1 amide bonds. The Morgan fingerprint density at radius 2 is 2.28 bits per heavy atom. The zero-order valence-electron chi connectivity index (χ0n) is 10.6. The van der Waals surface area contributed by atoms with E-state index in [1.54, 1.807) is 6.20 Å². The molecule has 1 aromatic heterocycles. The zero-order valence-corrected chi connectivity index (χ0v) is 10.6. The summed E-state index contributed by atoms with van der Waals surface area (Å²) in [5.41, 5.74) is 7.33. The summed E-state index contributed by atoms with van der Waals surface area (Å²) in [6.45, 7) is 1.92. The summed E-state index contributed by atoms with van der Waals surface area (Å²) in [4.78, 5) is 16.4. The van der Waals surface area contributed by atoms with Crippen molar-refractivity contribution in [2.45, 2.75) is 32.6 Å². The lowest BCUT2D eigenvalue weighted by Gasteiger charge is -2.20. The normalized spacial score (nSPS) is 29.5. The van der Waals surface area contributed by atoms with E-state index >= 15 is 0 Å². The molecule has 2 aliphatic carbocycles. The predicted molar refractivity (Wildman–Crippen MR) is 71.0 cm³/mol. The first-order chi connectivity index (χ1) is 8.63. The van der Waals surface area contributed by atoms with Crippen molar-refractivity contribution < 1.29 is 4.79 Å². The van der Waals surface area contributed by atoms with Gasteiger partial charge < -0.3 is 11.1 Å². The maximum Gasteiger partial charge on any atom is 0.228 e. The molecule has 2 bridgehead atoms. The highest BCUT2D eigenvalue weighted by Gasteiger charge is 2.43. The summed E-state index contributed by atoms with van der Waals surface area (Å²) >= 11 is 0. The van der Waals surface area contributed by atoms with Gasteiger partial charge in [-0.3, -0.25) is 4.79 Å². The Morgan fingerprint density at radius 3 is 2.89 bits per heavy atom. The van der Waals surface area contributed by atoms with Gasteiger partial charge in [-0.25, -0.2) is 4.98 Å². The Bertz CT molecular complexity index is 486. The number of nitrogen functional groups attached to an aromatic ring is 1. The molecule has 0 aliphatic heterocycles. The van der Waals surface area contributed by atoms with Gasteiger partial charge in [0.2, 0.25) is 5.91 Å². The van der Waals surface area contributed by atoms with Crippen molar-refractivity contribution in [1.29, 1.82) is 0 Å². The minimum Gasteiger partial charge on any atom is -0.397 e. The molecule has 0 radical (unpaired) electrons. The first-order valence-electron chi connectivity index (χ1n) is 6.66. The van der Waals surface area contributed by atoms with E-state index in [9.17, 15) is 4.79 Å². The summed E-state index contributed by atoms with van der Waals surface area (Å²) in [6.07, 6.45) is 6.44. The molecule has 3 atom stereocenters. The molecule has 0 saturated heterocycles. The number of hydrogen-bond donors (Lipinski definition) is 2. The van der Waals surface area contributed by atoms with Gasteiger partial charge in [0.05, 0.1) is 11.9 Å². The molecule has 4 nitrogen and oxygen atoms in total. The first-order valence-corrected chi connectivity index (χ1v) is 6.66. The fourth-order valence-corrected chi connectivity index (χ4v) is 3.42. The molecule has 0 aromatic carbocycles. The van der Waals surface area contributed by atoms with Crippen LogP contribution in [-0.4, -0.2) is 10.9 Å². The minimum absolute atomic E-state index is 0.138. The predicted octanol–water partition coefficient (Wildman–Crippen LogP) is 2.35.